The van der Waals surface area contributed by atoms with Gasteiger partial charge in [-0.05, 0) is 72.8 Å². The summed E-state index contributed by atoms with van der Waals surface area (Å²) < 4.78 is 24.0. The number of nitrogens with zero attached hydrogens (tertiary/aromatic N) is 16. The molecule has 0 saturated carbocycles. The second-order valence-electron chi connectivity index (χ2n) is 26.5. The van der Waals surface area contributed by atoms with Crippen LogP contribution in [0.2, 0.25) is 0 Å². The van der Waals surface area contributed by atoms with E-state index in [0.29, 0.717) is 117 Å². The van der Waals surface area contributed by atoms with Gasteiger partial charge in [0.05, 0.1) is 118 Å². The zero-order valence-corrected chi connectivity index (χ0v) is 65.7. The van der Waals surface area contributed by atoms with E-state index in [1.54, 1.807) is 116 Å². The minimum Gasteiger partial charge on any atom is -0.739 e. The predicted molar refractivity (Wildman–Crippen MR) is 450 cm³/mol. The number of imidazole rings is 1. The molecule has 0 saturated heterocycles. The first-order valence-corrected chi connectivity index (χ1v) is 38.6. The molecular formula is C83H81N25O15. The van der Waals surface area contributed by atoms with Crippen LogP contribution in [0.3, 0.4) is 0 Å². The fourth-order valence-corrected chi connectivity index (χ4v) is 12.5. The average molecular weight is 1670 g/mol. The number of hydrogen-bond acceptors (Lipinski definition) is 28. The Morgan fingerprint density at radius 3 is 1.11 bits per heavy atom. The summed E-state index contributed by atoms with van der Waals surface area (Å²) in [4.78, 5) is 60.5. The quantitative estimate of drug-likeness (QED) is 0.0165. The van der Waals surface area contributed by atoms with Crippen molar-refractivity contribution < 1.29 is 71.6 Å². The van der Waals surface area contributed by atoms with Gasteiger partial charge in [-0.25, -0.2) is 28.9 Å². The van der Waals surface area contributed by atoms with Crippen LogP contribution in [0.4, 0.5) is 23.8 Å². The topological polar surface area (TPSA) is 533 Å². The van der Waals surface area contributed by atoms with Crippen LogP contribution in [0.1, 0.15) is 31.1 Å². The lowest BCUT2D eigenvalue weighted by atomic mass is 10.1. The highest BCUT2D eigenvalue weighted by Gasteiger charge is 2.25. The summed E-state index contributed by atoms with van der Waals surface area (Å²) in [5.41, 5.74) is 13.7. The highest BCUT2D eigenvalue weighted by Crippen LogP contribution is 2.26. The van der Waals surface area contributed by atoms with Crippen LogP contribution >= 0.6 is 0 Å². The van der Waals surface area contributed by atoms with Crippen LogP contribution in [0.5, 0.6) is 0 Å². The molecule has 0 aliphatic heterocycles. The second kappa shape index (κ2) is 42.0. The molecule has 0 fully saturated rings. The molecule has 10 N–H and O–H groups in total. The number of carbonyl (C=O) groups excluding carboxylic acids is 3. The summed E-state index contributed by atoms with van der Waals surface area (Å²) in [5.74, 6) is -0.397. The molecule has 0 aliphatic carbocycles. The van der Waals surface area contributed by atoms with Crippen molar-refractivity contribution in [1.29, 1.82) is 0 Å². The zero-order valence-electron chi connectivity index (χ0n) is 65.7. The number of fused-ring (bicyclic) bond motifs is 7. The number of nitrogens with two attached hydrogens (primary N) is 1. The molecule has 16 aromatic rings. The van der Waals surface area contributed by atoms with Gasteiger partial charge in [-0.15, -0.1) is 0 Å². The third kappa shape index (κ3) is 21.5. The molecule has 0 atom stereocenters. The zero-order chi connectivity index (χ0) is 85.8. The van der Waals surface area contributed by atoms with Crippen molar-refractivity contribution in [3.63, 3.8) is 0 Å². The predicted octanol–water partition coefficient (Wildman–Crippen LogP) is 3.67. The van der Waals surface area contributed by atoms with E-state index >= 15 is 0 Å². The molecule has 8 aromatic heterocycles. The number of ether oxygens (including phenoxy) is 4. The molecule has 40 nitrogen and oxygen atoms in total. The number of benzene rings is 8. The van der Waals surface area contributed by atoms with E-state index in [1.165, 1.54) is 24.3 Å². The second-order valence-corrected chi connectivity index (χ2v) is 26.5. The third-order valence-electron chi connectivity index (χ3n) is 18.3. The molecule has 0 radical (unpaired) electrons. The fraction of sp³-hybridized carbons (Fsp3) is 0.193. The Morgan fingerprint density at radius 1 is 0.333 bits per heavy atom. The van der Waals surface area contributed by atoms with E-state index in [2.05, 4.69) is 77.5 Å². The van der Waals surface area contributed by atoms with E-state index in [4.69, 9.17) is 29.7 Å². The van der Waals surface area contributed by atoms with E-state index in [1.807, 2.05) is 97.1 Å². The highest BCUT2D eigenvalue weighted by molar-refractivity contribution is 6.07. The molecule has 40 heteroatoms. The first-order valence-electron chi connectivity index (χ1n) is 38.6. The van der Waals surface area contributed by atoms with Crippen LogP contribution < -0.4 is 81.3 Å². The minimum absolute atomic E-state index is 0.0509. The van der Waals surface area contributed by atoms with Gasteiger partial charge in [-0.1, -0.05) is 121 Å². The Bertz CT molecular complexity index is 6350. The number of hydrogen-bond donors (Lipinski definition) is 9. The van der Waals surface area contributed by atoms with Gasteiger partial charge in [0, 0.05) is 110 Å². The van der Waals surface area contributed by atoms with Gasteiger partial charge >= 0.3 is 23.8 Å². The van der Waals surface area contributed by atoms with Crippen molar-refractivity contribution in [2.75, 3.05) is 126 Å². The maximum atomic E-state index is 12.9. The smallest absolute Gasteiger partial charge is 0.461 e. The number of nitrogens with one attached hydrogen (secondary N) is 8. The summed E-state index contributed by atoms with van der Waals surface area (Å²) in [6.07, 6.45) is 5.05. The Hall–Kier alpha value is -15.9. The molecule has 0 spiro atoms. The number of pyridine rings is 3. The molecule has 8 aromatic carbocycles. The van der Waals surface area contributed by atoms with Crippen molar-refractivity contribution in [1.82, 2.24) is 61.3 Å². The van der Waals surface area contributed by atoms with E-state index in [0.717, 1.165) is 33.1 Å². The molecule has 8 heterocycles. The van der Waals surface area contributed by atoms with Crippen LogP contribution in [0.15, 0.2) is 237 Å². The number of rotatable bonds is 32. The molecule has 628 valence electrons. The number of anilines is 4. The van der Waals surface area contributed by atoms with E-state index in [9.17, 15) is 56.0 Å². The minimum atomic E-state index is -0.250. The van der Waals surface area contributed by atoms with Crippen LogP contribution in [0.25, 0.3) is 99.6 Å². The first-order chi connectivity index (χ1) is 60.1. The van der Waals surface area contributed by atoms with Gasteiger partial charge in [-0.3, -0.25) is 45.6 Å². The largest absolute Gasteiger partial charge is 0.739 e. The normalized spacial score (nSPS) is 11.0. The molecule has 0 aliphatic rings. The van der Waals surface area contributed by atoms with Crippen molar-refractivity contribution in [3.8, 4) is 22.6 Å². The van der Waals surface area contributed by atoms with Gasteiger partial charge < -0.3 is 87.3 Å². The van der Waals surface area contributed by atoms with Gasteiger partial charge in [0.15, 0.2) is 22.1 Å². The number of amides is 3. The summed E-state index contributed by atoms with van der Waals surface area (Å²) >= 11 is 0. The molecule has 123 heavy (non-hydrogen) atoms. The lowest BCUT2D eigenvalue weighted by Gasteiger charge is -2.10. The summed E-state index contributed by atoms with van der Waals surface area (Å²) in [6.45, 7) is 4.90. The van der Waals surface area contributed by atoms with E-state index in [-0.39, 0.29) is 151 Å². The van der Waals surface area contributed by atoms with Crippen molar-refractivity contribution in [2.45, 2.75) is 0 Å². The van der Waals surface area contributed by atoms with Crippen LogP contribution in [-0.2, 0) is 18.9 Å². The van der Waals surface area contributed by atoms with Gasteiger partial charge in [0.2, 0.25) is 20.4 Å². The summed E-state index contributed by atoms with van der Waals surface area (Å²) in [6, 6.07) is 63.1. The number of aromatic nitrogens is 17. The van der Waals surface area contributed by atoms with Gasteiger partial charge in [-0.2, -0.15) is 0 Å². The monoisotopic (exact) mass is 1670 g/mol. The van der Waals surface area contributed by atoms with Crippen molar-refractivity contribution >= 4 is 118 Å². The number of carbonyl (C=O) groups is 3. The van der Waals surface area contributed by atoms with E-state index < -0.39 is 0 Å². The highest BCUT2D eigenvalue weighted by atomic mass is 16.5. The molecule has 16 rings (SSSR count). The maximum Gasteiger partial charge on any atom is 0.461 e. The van der Waals surface area contributed by atoms with Crippen molar-refractivity contribution in [2.24, 2.45) is 5.73 Å². The van der Waals surface area contributed by atoms with Crippen LogP contribution in [-0.4, -0.2) is 168 Å². The lowest BCUT2D eigenvalue weighted by molar-refractivity contribution is -0.672. The van der Waals surface area contributed by atoms with Crippen molar-refractivity contribution in [3.05, 3.63) is 295 Å². The maximum absolute atomic E-state index is 12.9. The third-order valence-corrected chi connectivity index (χ3v) is 18.3. The number of para-hydroxylation sites is 11. The Kier molecular flexibility index (Phi) is 29.0. The Balaban J connectivity index is 0.000000144. The molecule has 0 bridgehead atoms. The fourth-order valence-electron chi connectivity index (χ4n) is 12.5. The summed E-state index contributed by atoms with van der Waals surface area (Å²) in [7, 11) is 0. The Morgan fingerprint density at radius 2 is 0.691 bits per heavy atom. The summed E-state index contributed by atoms with van der Waals surface area (Å²) in [5, 5.41) is 133. The van der Waals surface area contributed by atoms with Crippen LogP contribution in [0, 0.1) is 41.7 Å². The lowest BCUT2D eigenvalue weighted by Crippen LogP contribution is -2.44. The van der Waals surface area contributed by atoms with Gasteiger partial charge in [0.1, 0.15) is 11.3 Å². The number of H-pyrrole nitrogens is 1. The number of aromatic amines is 1. The molecular weight excluding hydrogens is 1590 g/mol. The Labute approximate surface area is 698 Å². The standard InChI is InChI=1S/C26H23N7O4.C25H23N7O4.C21H20N6O4.C11H15N5O3/c34-25(20-5-3-4-19-8-9-21(30-24(19)20)18-10-12-27-13-11-18)28-14-16-37-17-15-29-26-31-33(36)23-7-2-1-6-22(23)32(26)35;33-24(18-9-6-10-19-22(18)29-23(28-19)17-7-2-1-3-8-17)26-13-15-36-16-14-27-25-30-32(35)21-12-5-4-11-20(21)31(25)34;28-20(16-7-3-5-15-6-4-10-22-19(15)16)23-11-13-31-14-12-24-21-25-27(30)18-9-2-1-8-17(18)26(21)29;12-5-7-19-8-6-13-11-14-16(18)10-4-2-1-3-9(10)15(11)17/h1-13H,14-17H2,(H,28,34)(H,29,31);1-12H,13-16H2,(H,26,33)(H,27,30)(H,28,29);1-10H,11-14H2,(H,23,28)(H,24,25);1-4H,5-8,12H2,(H,13,14). The molecule has 3 amide bonds. The SMILES string of the molecule is NCCOCCNc1n[n+]([O-])c2ccccc2[n+]1[O-].O=C(NCCOCCNc1n[n+]([O-])c2ccccc2[n+]1[O-])c1cccc2[nH]c(-c3ccccc3)nc12.O=C(NCCOCCNc1n[n+]([O-])c2ccccc2[n+]1[O-])c1cccc2ccc(-c3ccncc3)nc12.O=C(NCCOCCNc1n[n+]([O-])c2ccccc2[n+]1[O-])c1cccc2cccnc12. The molecule has 0 unspecified atom stereocenters. The average Bonchev–Trinajstić information content (AvgIpc) is 1.79. The van der Waals surface area contributed by atoms with Gasteiger partial charge in [0.25, 0.3) is 39.8 Å². The first kappa shape index (κ1) is 85.0.